The van der Waals surface area contributed by atoms with Crippen molar-refractivity contribution in [2.75, 3.05) is 46.1 Å². The van der Waals surface area contributed by atoms with Gasteiger partial charge in [0.15, 0.2) is 11.5 Å². The number of hydrogen-bond donors (Lipinski definition) is 1. The van der Waals surface area contributed by atoms with Gasteiger partial charge in [0.1, 0.15) is 18.5 Å². The predicted octanol–water partition coefficient (Wildman–Crippen LogP) is 3.54. The smallest absolute Gasteiger partial charge is 0.231 e. The van der Waals surface area contributed by atoms with Crippen LogP contribution in [0.1, 0.15) is 11.1 Å². The monoisotopic (exact) mass is 482 g/mol. The highest BCUT2D eigenvalue weighted by atomic mass is 35.5. The third-order valence-corrected chi connectivity index (χ3v) is 5.55. The molecular weight excluding hydrogens is 451 g/mol. The highest BCUT2D eigenvalue weighted by Crippen LogP contribution is 2.32. The van der Waals surface area contributed by atoms with E-state index in [4.69, 9.17) is 14.2 Å². The summed E-state index contributed by atoms with van der Waals surface area (Å²) in [5, 5.41) is 10.4. The molecule has 0 spiro atoms. The Hall–Kier alpha value is -1.96. The summed E-state index contributed by atoms with van der Waals surface area (Å²) in [5.74, 6) is 2.49. The van der Waals surface area contributed by atoms with Gasteiger partial charge >= 0.3 is 0 Å². The van der Waals surface area contributed by atoms with Crippen molar-refractivity contribution in [3.8, 4) is 17.2 Å². The van der Waals surface area contributed by atoms with Crippen molar-refractivity contribution in [1.29, 1.82) is 0 Å². The zero-order valence-electron chi connectivity index (χ0n) is 18.2. The van der Waals surface area contributed by atoms with Crippen LogP contribution in [-0.2, 0) is 13.0 Å². The molecule has 6 nitrogen and oxygen atoms in total. The summed E-state index contributed by atoms with van der Waals surface area (Å²) in [7, 11) is 0. The maximum absolute atomic E-state index is 10.4. The third kappa shape index (κ3) is 7.02. The highest BCUT2D eigenvalue weighted by molar-refractivity contribution is 5.85. The quantitative estimate of drug-likeness (QED) is 0.551. The van der Waals surface area contributed by atoms with E-state index >= 15 is 0 Å². The summed E-state index contributed by atoms with van der Waals surface area (Å²) in [5.41, 5.74) is 2.33. The van der Waals surface area contributed by atoms with Gasteiger partial charge in [0, 0.05) is 39.3 Å². The molecule has 2 aromatic carbocycles. The van der Waals surface area contributed by atoms with Gasteiger partial charge < -0.3 is 19.3 Å². The van der Waals surface area contributed by atoms with E-state index in [-0.39, 0.29) is 24.8 Å². The number of aliphatic hydroxyl groups is 1. The fraction of sp³-hybridized carbons (Fsp3) is 0.417. The second-order valence-corrected chi connectivity index (χ2v) is 7.83. The molecular formula is C24H32Cl2N2O4. The maximum Gasteiger partial charge on any atom is 0.231 e. The lowest BCUT2D eigenvalue weighted by atomic mass is 10.1. The van der Waals surface area contributed by atoms with Crippen LogP contribution in [0.5, 0.6) is 17.2 Å². The van der Waals surface area contributed by atoms with E-state index in [2.05, 4.69) is 28.5 Å². The highest BCUT2D eigenvalue weighted by Gasteiger charge is 2.21. The number of nitrogens with zero attached hydrogens (tertiary/aromatic N) is 2. The van der Waals surface area contributed by atoms with Crippen LogP contribution in [0, 0.1) is 0 Å². The molecule has 1 N–H and O–H groups in total. The largest absolute Gasteiger partial charge is 0.491 e. The number of fused-ring (bicyclic) bond motifs is 1. The Morgan fingerprint density at radius 2 is 1.72 bits per heavy atom. The number of benzene rings is 2. The zero-order chi connectivity index (χ0) is 20.8. The van der Waals surface area contributed by atoms with Crippen molar-refractivity contribution in [3.05, 3.63) is 66.2 Å². The topological polar surface area (TPSA) is 54.4 Å². The van der Waals surface area contributed by atoms with E-state index in [0.29, 0.717) is 19.9 Å². The SMILES string of the molecule is C=CCc1ccccc1OCC(O)CN1CCN(Cc2ccc3c(c2)OCO3)CC1.Cl.Cl. The van der Waals surface area contributed by atoms with Crippen molar-refractivity contribution in [2.45, 2.75) is 19.1 Å². The Morgan fingerprint density at radius 1 is 1.00 bits per heavy atom. The van der Waals surface area contributed by atoms with Gasteiger partial charge in [0.05, 0.1) is 0 Å². The Morgan fingerprint density at radius 3 is 2.50 bits per heavy atom. The molecule has 0 aliphatic carbocycles. The van der Waals surface area contributed by atoms with Gasteiger partial charge in [-0.15, -0.1) is 31.4 Å². The summed E-state index contributed by atoms with van der Waals surface area (Å²) in [4.78, 5) is 4.74. The normalized spacial score (nSPS) is 16.5. The summed E-state index contributed by atoms with van der Waals surface area (Å²) >= 11 is 0. The summed E-state index contributed by atoms with van der Waals surface area (Å²) in [6, 6.07) is 14.1. The molecule has 2 aromatic rings. The standard InChI is InChI=1S/C24H30N2O4.2ClH/c1-2-5-20-6-3-4-7-22(20)28-17-21(27)16-26-12-10-25(11-13-26)15-19-8-9-23-24(14-19)30-18-29-23;;/h2-4,6-9,14,21,27H,1,5,10-13,15-18H2;2*1H. The van der Waals surface area contributed by atoms with Crippen LogP contribution < -0.4 is 14.2 Å². The number of rotatable bonds is 9. The molecule has 0 bridgehead atoms. The van der Waals surface area contributed by atoms with Crippen LogP contribution in [-0.4, -0.2) is 67.1 Å². The zero-order valence-corrected chi connectivity index (χ0v) is 19.8. The number of piperazine rings is 1. The van der Waals surface area contributed by atoms with Crippen LogP contribution in [0.25, 0.3) is 0 Å². The molecule has 0 amide bonds. The minimum Gasteiger partial charge on any atom is -0.491 e. The van der Waals surface area contributed by atoms with Crippen molar-refractivity contribution >= 4 is 24.8 Å². The van der Waals surface area contributed by atoms with Gasteiger partial charge in [-0.1, -0.05) is 30.3 Å². The van der Waals surface area contributed by atoms with Crippen molar-refractivity contribution in [2.24, 2.45) is 0 Å². The first-order valence-electron chi connectivity index (χ1n) is 10.5. The molecule has 2 aliphatic rings. The molecule has 2 aliphatic heterocycles. The first-order chi connectivity index (χ1) is 14.7. The van der Waals surface area contributed by atoms with E-state index in [0.717, 1.165) is 62.0 Å². The van der Waals surface area contributed by atoms with Gasteiger partial charge in [-0.2, -0.15) is 0 Å². The Labute approximate surface area is 202 Å². The number of halogens is 2. The van der Waals surface area contributed by atoms with Crippen molar-refractivity contribution in [3.63, 3.8) is 0 Å². The Balaban J connectivity index is 0.00000181. The lowest BCUT2D eigenvalue weighted by Crippen LogP contribution is -2.48. The number of aliphatic hydroxyl groups excluding tert-OH is 1. The minimum atomic E-state index is -0.512. The summed E-state index contributed by atoms with van der Waals surface area (Å²) in [6.45, 7) is 9.75. The van der Waals surface area contributed by atoms with Gasteiger partial charge in [-0.05, 0) is 35.7 Å². The van der Waals surface area contributed by atoms with Crippen LogP contribution in [0.4, 0.5) is 0 Å². The van der Waals surface area contributed by atoms with Crippen LogP contribution in [0.2, 0.25) is 0 Å². The summed E-state index contributed by atoms with van der Waals surface area (Å²) < 4.78 is 16.7. The van der Waals surface area contributed by atoms with Crippen LogP contribution >= 0.6 is 24.8 Å². The number of hydrogen-bond acceptors (Lipinski definition) is 6. The first kappa shape index (κ1) is 26.3. The molecule has 0 saturated carbocycles. The van der Waals surface area contributed by atoms with Crippen molar-refractivity contribution < 1.29 is 19.3 Å². The molecule has 4 rings (SSSR count). The molecule has 0 aromatic heterocycles. The lowest BCUT2D eigenvalue weighted by Gasteiger charge is -2.35. The molecule has 176 valence electrons. The van der Waals surface area contributed by atoms with E-state index in [1.165, 1.54) is 5.56 Å². The fourth-order valence-corrected chi connectivity index (χ4v) is 3.93. The fourth-order valence-electron chi connectivity index (χ4n) is 3.93. The van der Waals surface area contributed by atoms with Gasteiger partial charge in [0.2, 0.25) is 6.79 Å². The average Bonchev–Trinajstić information content (AvgIpc) is 3.23. The maximum atomic E-state index is 10.4. The van der Waals surface area contributed by atoms with E-state index < -0.39 is 6.10 Å². The van der Waals surface area contributed by atoms with Gasteiger partial charge in [-0.25, -0.2) is 0 Å². The number of allylic oxidation sites excluding steroid dienone is 1. The lowest BCUT2D eigenvalue weighted by molar-refractivity contribution is 0.0444. The van der Waals surface area contributed by atoms with Gasteiger partial charge in [-0.3, -0.25) is 9.80 Å². The number of ether oxygens (including phenoxy) is 3. The van der Waals surface area contributed by atoms with Crippen LogP contribution in [0.15, 0.2) is 55.1 Å². The summed E-state index contributed by atoms with van der Waals surface area (Å²) in [6.07, 6.45) is 2.11. The van der Waals surface area contributed by atoms with Crippen LogP contribution in [0.3, 0.4) is 0 Å². The Kier molecular flexibility index (Phi) is 10.6. The number of β-amino-alcohol motifs (C(OH)–C–C–N with tert-alkyl or cyclic N) is 1. The second-order valence-electron chi connectivity index (χ2n) is 7.83. The third-order valence-electron chi connectivity index (χ3n) is 5.55. The number of para-hydroxylation sites is 1. The minimum absolute atomic E-state index is 0. The first-order valence-corrected chi connectivity index (χ1v) is 10.5. The average molecular weight is 483 g/mol. The molecule has 32 heavy (non-hydrogen) atoms. The molecule has 1 saturated heterocycles. The van der Waals surface area contributed by atoms with E-state index in [9.17, 15) is 5.11 Å². The molecule has 0 radical (unpaired) electrons. The van der Waals surface area contributed by atoms with Gasteiger partial charge in [0.25, 0.3) is 0 Å². The molecule has 1 fully saturated rings. The van der Waals surface area contributed by atoms with Crippen molar-refractivity contribution in [1.82, 2.24) is 9.80 Å². The van der Waals surface area contributed by atoms with E-state index in [1.54, 1.807) is 0 Å². The molecule has 1 unspecified atom stereocenters. The Bertz CT molecular complexity index is 860. The molecule has 8 heteroatoms. The molecule has 2 heterocycles. The second kappa shape index (κ2) is 12.9. The molecule has 1 atom stereocenters. The predicted molar refractivity (Wildman–Crippen MR) is 131 cm³/mol. The van der Waals surface area contributed by atoms with E-state index in [1.807, 2.05) is 36.4 Å².